The number of hydrogen-bond donors (Lipinski definition) is 0. The van der Waals surface area contributed by atoms with Crippen molar-refractivity contribution in [2.75, 3.05) is 0 Å². The number of carbonyl (C=O) groups excluding carboxylic acids is 2. The summed E-state index contributed by atoms with van der Waals surface area (Å²) in [6.45, 7) is 32.9. The number of rotatable bonds is 0. The summed E-state index contributed by atoms with van der Waals surface area (Å²) in [5.74, 6) is 0.939. The molecular weight excluding hydrogens is 442 g/mol. The van der Waals surface area contributed by atoms with Crippen molar-refractivity contribution in [1.82, 2.24) is 0 Å². The van der Waals surface area contributed by atoms with Crippen LogP contribution in [0.15, 0.2) is 0 Å². The Bertz CT molecular complexity index is 702. The average molecular weight is 499 g/mol. The van der Waals surface area contributed by atoms with Gasteiger partial charge in [0.15, 0.2) is 0 Å². The summed E-state index contributed by atoms with van der Waals surface area (Å²) < 4.78 is 0. The molecule has 0 saturated carbocycles. The van der Waals surface area contributed by atoms with E-state index in [0.29, 0.717) is 32.2 Å². The van der Waals surface area contributed by atoms with E-state index in [-0.39, 0.29) is 26.2 Å². The van der Waals surface area contributed by atoms with Crippen molar-refractivity contribution in [2.24, 2.45) is 0 Å². The minimum atomic E-state index is -0.190. The molecule has 4 heteroatoms. The maximum absolute atomic E-state index is 11.9. The molecule has 0 N–H and O–H groups in total. The smallest absolute Gasteiger partial charge is 0.133 e. The summed E-state index contributed by atoms with van der Waals surface area (Å²) in [5.41, 5.74) is 0. The monoisotopic (exact) mass is 498 g/mol. The molecule has 0 spiro atoms. The molecule has 33 heavy (non-hydrogen) atoms. The highest BCUT2D eigenvalue weighted by Crippen LogP contribution is 2.71. The van der Waals surface area contributed by atoms with Crippen molar-refractivity contribution < 1.29 is 9.59 Å². The Morgan fingerprint density at radius 3 is 1.24 bits per heavy atom. The molecule has 2 fully saturated rings. The standard InChI is InChI=1S/C15H29OP.C14H27OP/c1-13(2,3)17-14(4,5)10-8-9-12(16)11-15(17,6)7;1-12(2,3)16-13(4,5)9-8-11(15)10-14(16,6)7/h8-11H2,1-7H3;8-10H2,1-7H3. The highest BCUT2D eigenvalue weighted by Gasteiger charge is 2.49. The predicted molar refractivity (Wildman–Crippen MR) is 152 cm³/mol. The van der Waals surface area contributed by atoms with E-state index in [0.717, 1.165) is 38.5 Å². The van der Waals surface area contributed by atoms with Crippen molar-refractivity contribution in [1.29, 1.82) is 0 Å². The molecule has 2 unspecified atom stereocenters. The average Bonchev–Trinajstić information content (AvgIpc) is 2.54. The van der Waals surface area contributed by atoms with Crippen molar-refractivity contribution in [3.63, 3.8) is 0 Å². The summed E-state index contributed by atoms with van der Waals surface area (Å²) in [5, 5.41) is 1.72. The van der Waals surface area contributed by atoms with Crippen LogP contribution in [0.1, 0.15) is 142 Å². The summed E-state index contributed by atoms with van der Waals surface area (Å²) >= 11 is 0. The van der Waals surface area contributed by atoms with E-state index in [2.05, 4.69) is 96.9 Å². The lowest BCUT2D eigenvalue weighted by atomic mass is 9.97. The first-order valence-corrected chi connectivity index (χ1v) is 15.8. The number of Topliss-reactive ketones (excluding diaryl/α,β-unsaturated/α-hetero) is 2. The first-order chi connectivity index (χ1) is 14.4. The molecule has 0 aromatic carbocycles. The Balaban J connectivity index is 0.000000331. The van der Waals surface area contributed by atoms with E-state index >= 15 is 0 Å². The third-order valence-electron chi connectivity index (χ3n) is 7.28. The van der Waals surface area contributed by atoms with Crippen LogP contribution >= 0.6 is 15.8 Å². The highest BCUT2D eigenvalue weighted by molar-refractivity contribution is 7.62. The first-order valence-electron chi connectivity index (χ1n) is 13.1. The third-order valence-corrected chi connectivity index (χ3v) is 15.6. The maximum atomic E-state index is 11.9. The van der Waals surface area contributed by atoms with E-state index in [1.165, 1.54) is 6.42 Å². The van der Waals surface area contributed by atoms with Crippen LogP contribution in [-0.2, 0) is 9.59 Å². The van der Waals surface area contributed by atoms with Gasteiger partial charge < -0.3 is 0 Å². The van der Waals surface area contributed by atoms with Crippen LogP contribution in [-0.4, -0.2) is 42.5 Å². The molecule has 2 aliphatic heterocycles. The van der Waals surface area contributed by atoms with Gasteiger partial charge >= 0.3 is 0 Å². The van der Waals surface area contributed by atoms with Gasteiger partial charge in [-0.3, -0.25) is 9.59 Å². The largest absolute Gasteiger partial charge is 0.300 e. The molecule has 2 aliphatic rings. The minimum Gasteiger partial charge on any atom is -0.300 e. The quantitative estimate of drug-likeness (QED) is 0.312. The zero-order valence-electron chi connectivity index (χ0n) is 24.7. The Morgan fingerprint density at radius 2 is 0.879 bits per heavy atom. The van der Waals surface area contributed by atoms with Crippen molar-refractivity contribution in [3.05, 3.63) is 0 Å². The van der Waals surface area contributed by atoms with Crippen LogP contribution in [0.5, 0.6) is 0 Å². The van der Waals surface area contributed by atoms with Gasteiger partial charge in [-0.2, -0.15) is 0 Å². The Labute approximate surface area is 209 Å². The second-order valence-electron chi connectivity index (χ2n) is 15.0. The summed E-state index contributed by atoms with van der Waals surface area (Å²) in [4.78, 5) is 23.8. The van der Waals surface area contributed by atoms with Gasteiger partial charge in [0, 0.05) is 25.7 Å². The summed E-state index contributed by atoms with van der Waals surface area (Å²) in [6, 6.07) is 0. The van der Waals surface area contributed by atoms with Gasteiger partial charge in [-0.1, -0.05) is 113 Å². The van der Waals surface area contributed by atoms with Gasteiger partial charge in [0.25, 0.3) is 0 Å². The van der Waals surface area contributed by atoms with E-state index in [9.17, 15) is 9.59 Å². The molecule has 0 radical (unpaired) electrons. The second kappa shape index (κ2) is 10.3. The van der Waals surface area contributed by atoms with E-state index in [4.69, 9.17) is 0 Å². The van der Waals surface area contributed by atoms with Crippen LogP contribution in [0.3, 0.4) is 0 Å². The Hall–Kier alpha value is 0.200. The van der Waals surface area contributed by atoms with Crippen molar-refractivity contribution in [3.8, 4) is 0 Å². The summed E-state index contributed by atoms with van der Waals surface area (Å²) in [7, 11) is -0.364. The lowest BCUT2D eigenvalue weighted by Gasteiger charge is -2.53. The fourth-order valence-electron chi connectivity index (χ4n) is 7.96. The lowest BCUT2D eigenvalue weighted by Crippen LogP contribution is -2.41. The van der Waals surface area contributed by atoms with Crippen LogP contribution < -0.4 is 0 Å². The lowest BCUT2D eigenvalue weighted by molar-refractivity contribution is -0.120. The molecule has 0 amide bonds. The maximum Gasteiger partial charge on any atom is 0.133 e. The van der Waals surface area contributed by atoms with Crippen molar-refractivity contribution in [2.45, 2.75) is 173 Å². The zero-order chi connectivity index (χ0) is 26.3. The first kappa shape index (κ1) is 31.2. The van der Waals surface area contributed by atoms with E-state index in [1.54, 1.807) is 0 Å². The molecule has 0 aromatic rings. The number of carbonyl (C=O) groups is 2. The van der Waals surface area contributed by atoms with Gasteiger partial charge in [0.2, 0.25) is 0 Å². The predicted octanol–water partition coefficient (Wildman–Crippen LogP) is 9.54. The summed E-state index contributed by atoms with van der Waals surface area (Å²) in [6.07, 6.45) is 6.48. The van der Waals surface area contributed by atoms with Gasteiger partial charge in [-0.25, -0.2) is 0 Å². The molecule has 2 nitrogen and oxygen atoms in total. The Morgan fingerprint density at radius 1 is 0.545 bits per heavy atom. The van der Waals surface area contributed by atoms with Crippen LogP contribution in [0.2, 0.25) is 0 Å². The van der Waals surface area contributed by atoms with Crippen LogP contribution in [0.4, 0.5) is 0 Å². The van der Waals surface area contributed by atoms with Crippen LogP contribution in [0.25, 0.3) is 0 Å². The Kier molecular flexibility index (Phi) is 9.74. The molecule has 2 saturated heterocycles. The van der Waals surface area contributed by atoms with Gasteiger partial charge in [-0.05, 0) is 50.2 Å². The fraction of sp³-hybridized carbons (Fsp3) is 0.931. The number of ketones is 2. The van der Waals surface area contributed by atoms with E-state index < -0.39 is 0 Å². The normalized spacial score (nSPS) is 29.8. The fourth-order valence-corrected chi connectivity index (χ4v) is 19.9. The van der Waals surface area contributed by atoms with Gasteiger partial charge in [-0.15, -0.1) is 0 Å². The highest BCUT2D eigenvalue weighted by atomic mass is 31.1. The van der Waals surface area contributed by atoms with Gasteiger partial charge in [0.1, 0.15) is 11.6 Å². The molecule has 194 valence electrons. The molecule has 0 aliphatic carbocycles. The second-order valence-corrected chi connectivity index (χ2v) is 23.9. The number of hydrogen-bond acceptors (Lipinski definition) is 2. The third kappa shape index (κ3) is 8.38. The SMILES string of the molecule is CC(C)(C)P1C(C)(C)CCC(=O)CC1(C)C.CC(C)(C)P1C(C)(C)CCCC(=O)CC1(C)C. The molecule has 2 rings (SSSR count). The molecule has 2 heterocycles. The topological polar surface area (TPSA) is 34.1 Å². The zero-order valence-corrected chi connectivity index (χ0v) is 26.4. The van der Waals surface area contributed by atoms with Crippen molar-refractivity contribution >= 4 is 27.4 Å². The molecule has 0 bridgehead atoms. The molecular formula is C29H56O2P2. The van der Waals surface area contributed by atoms with E-state index in [1.807, 2.05) is 0 Å². The van der Waals surface area contributed by atoms with Gasteiger partial charge in [0.05, 0.1) is 0 Å². The van der Waals surface area contributed by atoms with Crippen LogP contribution in [0, 0.1) is 0 Å². The minimum absolute atomic E-state index is 0.173. The molecule has 0 aromatic heterocycles. The molecule has 2 atom stereocenters.